The number of aromatic nitrogens is 2. The number of aromatic amines is 1. The summed E-state index contributed by atoms with van der Waals surface area (Å²) in [6.07, 6.45) is 3.78. The van der Waals surface area contributed by atoms with Gasteiger partial charge < -0.3 is 20.4 Å². The molecule has 0 bridgehead atoms. The number of nitrogens with one attached hydrogen (secondary N) is 3. The summed E-state index contributed by atoms with van der Waals surface area (Å²) in [6.45, 7) is 1.46. The maximum absolute atomic E-state index is 12.1. The molecule has 2 amide bonds. The van der Waals surface area contributed by atoms with Gasteiger partial charge in [0.05, 0.1) is 6.54 Å². The van der Waals surface area contributed by atoms with Gasteiger partial charge >= 0.3 is 0 Å². The summed E-state index contributed by atoms with van der Waals surface area (Å²) in [4.78, 5) is 40.9. The number of carbonyl (C=O) groups is 3. The van der Waals surface area contributed by atoms with Gasteiger partial charge in [0, 0.05) is 11.9 Å². The molecule has 0 unspecified atom stereocenters. The first-order valence-electron chi connectivity index (χ1n) is 7.70. The highest BCUT2D eigenvalue weighted by atomic mass is 16.2. The van der Waals surface area contributed by atoms with Gasteiger partial charge in [0.2, 0.25) is 5.91 Å². The summed E-state index contributed by atoms with van der Waals surface area (Å²) in [7, 11) is 0. The number of aryl methyl sites for hydroxylation is 2. The second kappa shape index (κ2) is 8.61. The first-order valence-corrected chi connectivity index (χ1v) is 7.70. The molecule has 1 atom stereocenters. The lowest BCUT2D eigenvalue weighted by Crippen LogP contribution is -2.45. The quantitative estimate of drug-likeness (QED) is 0.618. The molecule has 1 aromatic heterocycles. The number of hydrogen-bond donors (Lipinski definition) is 3. The number of H-pyrrole nitrogens is 1. The topological polar surface area (TPSA) is 104 Å². The van der Waals surface area contributed by atoms with Crippen LogP contribution in [-0.2, 0) is 22.4 Å². The molecule has 2 rings (SSSR count). The van der Waals surface area contributed by atoms with E-state index in [0.29, 0.717) is 6.29 Å². The predicted octanol–water partition coefficient (Wildman–Crippen LogP) is 0.628. The Morgan fingerprint density at radius 3 is 2.71 bits per heavy atom. The lowest BCUT2D eigenvalue weighted by molar-refractivity contribution is -0.123. The van der Waals surface area contributed by atoms with Crippen LogP contribution in [0.25, 0.3) is 0 Å². The molecular formula is C17H20N4O3. The molecule has 2 aromatic rings. The van der Waals surface area contributed by atoms with E-state index in [2.05, 4.69) is 20.6 Å². The molecule has 0 saturated carbocycles. The SMILES string of the molecule is C[C@H](NC(=O)c1ncc(CCc2ccccc2)[nH]1)C(=O)NCC=O. The van der Waals surface area contributed by atoms with Crippen LogP contribution < -0.4 is 10.6 Å². The monoisotopic (exact) mass is 328 g/mol. The maximum Gasteiger partial charge on any atom is 0.287 e. The molecule has 0 aliphatic rings. The van der Waals surface area contributed by atoms with Crippen molar-refractivity contribution in [3.63, 3.8) is 0 Å². The molecule has 0 spiro atoms. The Bertz CT molecular complexity index is 697. The Hall–Kier alpha value is -2.96. The zero-order valence-corrected chi connectivity index (χ0v) is 13.4. The van der Waals surface area contributed by atoms with Crippen molar-refractivity contribution >= 4 is 18.1 Å². The van der Waals surface area contributed by atoms with E-state index >= 15 is 0 Å². The molecular weight excluding hydrogens is 308 g/mol. The highest BCUT2D eigenvalue weighted by Crippen LogP contribution is 2.06. The third kappa shape index (κ3) is 5.05. The summed E-state index contributed by atoms with van der Waals surface area (Å²) < 4.78 is 0. The minimum atomic E-state index is -0.754. The Labute approximate surface area is 139 Å². The minimum Gasteiger partial charge on any atom is -0.348 e. The van der Waals surface area contributed by atoms with Crippen molar-refractivity contribution in [2.75, 3.05) is 6.54 Å². The fourth-order valence-corrected chi connectivity index (χ4v) is 2.15. The number of hydrogen-bond acceptors (Lipinski definition) is 4. The van der Waals surface area contributed by atoms with Crippen molar-refractivity contribution in [3.05, 3.63) is 53.6 Å². The van der Waals surface area contributed by atoms with Crippen molar-refractivity contribution in [3.8, 4) is 0 Å². The molecule has 24 heavy (non-hydrogen) atoms. The third-order valence-electron chi connectivity index (χ3n) is 3.47. The summed E-state index contributed by atoms with van der Waals surface area (Å²) in [6, 6.07) is 9.27. The lowest BCUT2D eigenvalue weighted by atomic mass is 10.1. The fraction of sp³-hybridized carbons (Fsp3) is 0.294. The number of imidazole rings is 1. The summed E-state index contributed by atoms with van der Waals surface area (Å²) >= 11 is 0. The summed E-state index contributed by atoms with van der Waals surface area (Å²) in [5.74, 6) is -0.728. The number of aldehydes is 1. The molecule has 1 heterocycles. The predicted molar refractivity (Wildman–Crippen MR) is 88.4 cm³/mol. The lowest BCUT2D eigenvalue weighted by Gasteiger charge is -2.11. The first-order chi connectivity index (χ1) is 11.6. The van der Waals surface area contributed by atoms with E-state index in [4.69, 9.17) is 0 Å². The van der Waals surface area contributed by atoms with E-state index in [1.807, 2.05) is 30.3 Å². The van der Waals surface area contributed by atoms with E-state index in [1.54, 1.807) is 6.20 Å². The Kier molecular flexibility index (Phi) is 6.24. The van der Waals surface area contributed by atoms with E-state index < -0.39 is 17.9 Å². The molecule has 0 radical (unpaired) electrons. The first kappa shape index (κ1) is 17.4. The highest BCUT2D eigenvalue weighted by molar-refractivity contribution is 5.95. The van der Waals surface area contributed by atoms with Crippen LogP contribution in [0, 0.1) is 0 Å². The van der Waals surface area contributed by atoms with Gasteiger partial charge in [0.1, 0.15) is 12.3 Å². The summed E-state index contributed by atoms with van der Waals surface area (Å²) in [5.41, 5.74) is 2.06. The normalized spacial score (nSPS) is 11.5. The van der Waals surface area contributed by atoms with Crippen LogP contribution in [0.15, 0.2) is 36.5 Å². The van der Waals surface area contributed by atoms with Gasteiger partial charge in [0.25, 0.3) is 5.91 Å². The van der Waals surface area contributed by atoms with Crippen LogP contribution in [0.1, 0.15) is 28.8 Å². The van der Waals surface area contributed by atoms with Gasteiger partial charge in [-0.25, -0.2) is 4.98 Å². The molecule has 0 fully saturated rings. The number of rotatable bonds is 8. The van der Waals surface area contributed by atoms with Crippen LogP contribution in [0.3, 0.4) is 0 Å². The van der Waals surface area contributed by atoms with Gasteiger partial charge in [-0.15, -0.1) is 0 Å². The maximum atomic E-state index is 12.1. The minimum absolute atomic E-state index is 0.0799. The van der Waals surface area contributed by atoms with Crippen LogP contribution in [0.2, 0.25) is 0 Å². The Balaban J connectivity index is 1.86. The smallest absolute Gasteiger partial charge is 0.287 e. The van der Waals surface area contributed by atoms with Crippen molar-refractivity contribution in [1.29, 1.82) is 0 Å². The molecule has 1 aromatic carbocycles. The van der Waals surface area contributed by atoms with Crippen molar-refractivity contribution < 1.29 is 14.4 Å². The summed E-state index contributed by atoms with van der Waals surface area (Å²) in [5, 5.41) is 4.91. The average molecular weight is 328 g/mol. The largest absolute Gasteiger partial charge is 0.348 e. The standard InChI is InChI=1S/C17H20N4O3/c1-12(16(23)18-9-10-22)20-17(24)15-19-11-14(21-15)8-7-13-5-3-2-4-6-13/h2-6,10-12H,7-9H2,1H3,(H,18,23)(H,19,21)(H,20,24)/t12-/m0/s1. The molecule has 7 heteroatoms. The average Bonchev–Trinajstić information content (AvgIpc) is 3.07. The second-order valence-electron chi connectivity index (χ2n) is 5.35. The van der Waals surface area contributed by atoms with Crippen molar-refractivity contribution in [2.24, 2.45) is 0 Å². The molecule has 7 nitrogen and oxygen atoms in total. The molecule has 0 saturated heterocycles. The zero-order chi connectivity index (χ0) is 17.4. The van der Waals surface area contributed by atoms with Gasteiger partial charge in [-0.1, -0.05) is 30.3 Å². The van der Waals surface area contributed by atoms with Gasteiger partial charge in [-0.3, -0.25) is 9.59 Å². The fourth-order valence-electron chi connectivity index (χ4n) is 2.15. The number of nitrogens with zero attached hydrogens (tertiary/aromatic N) is 1. The molecule has 0 aliphatic heterocycles. The van der Waals surface area contributed by atoms with Crippen LogP contribution in [-0.4, -0.2) is 40.7 Å². The van der Waals surface area contributed by atoms with Crippen LogP contribution in [0.5, 0.6) is 0 Å². The van der Waals surface area contributed by atoms with E-state index in [-0.39, 0.29) is 12.4 Å². The van der Waals surface area contributed by atoms with Gasteiger partial charge in [-0.05, 0) is 25.3 Å². The van der Waals surface area contributed by atoms with Crippen molar-refractivity contribution in [1.82, 2.24) is 20.6 Å². The Morgan fingerprint density at radius 1 is 1.25 bits per heavy atom. The molecule has 126 valence electrons. The van der Waals surface area contributed by atoms with Crippen molar-refractivity contribution in [2.45, 2.75) is 25.8 Å². The Morgan fingerprint density at radius 2 is 2.00 bits per heavy atom. The van der Waals surface area contributed by atoms with Crippen LogP contribution in [0.4, 0.5) is 0 Å². The molecule has 0 aliphatic carbocycles. The molecule has 3 N–H and O–H groups in total. The number of carbonyl (C=O) groups excluding carboxylic acids is 3. The van der Waals surface area contributed by atoms with Gasteiger partial charge in [-0.2, -0.15) is 0 Å². The van der Waals surface area contributed by atoms with Crippen LogP contribution >= 0.6 is 0 Å². The zero-order valence-electron chi connectivity index (χ0n) is 13.4. The second-order valence-corrected chi connectivity index (χ2v) is 5.35. The highest BCUT2D eigenvalue weighted by Gasteiger charge is 2.18. The van der Waals surface area contributed by atoms with E-state index in [9.17, 15) is 14.4 Å². The number of benzene rings is 1. The number of amides is 2. The van der Waals surface area contributed by atoms with E-state index in [1.165, 1.54) is 12.5 Å². The van der Waals surface area contributed by atoms with E-state index in [0.717, 1.165) is 18.5 Å². The van der Waals surface area contributed by atoms with Gasteiger partial charge in [0.15, 0.2) is 5.82 Å². The third-order valence-corrected chi connectivity index (χ3v) is 3.47.